The number of rotatable bonds is 5. The number of para-hydroxylation sites is 2. The number of carbonyl (C=O) groups excluding carboxylic acids is 1. The fourth-order valence-corrected chi connectivity index (χ4v) is 4.63. The number of alkyl halides is 3. The average Bonchev–Trinajstić information content (AvgIpc) is 3.42. The number of benzene rings is 2. The number of amides is 1. The summed E-state index contributed by atoms with van der Waals surface area (Å²) >= 11 is 1.28. The summed E-state index contributed by atoms with van der Waals surface area (Å²) < 4.78 is 41.1. The molecule has 0 saturated carbocycles. The zero-order valence-corrected chi connectivity index (χ0v) is 19.6. The topological polar surface area (TPSA) is 97.3 Å². The zero-order chi connectivity index (χ0) is 25.4. The molecule has 11 heteroatoms. The molecule has 0 spiro atoms. The summed E-state index contributed by atoms with van der Waals surface area (Å²) in [6.07, 6.45) is -1.82. The predicted octanol–water partition coefficient (Wildman–Crippen LogP) is 6.36. The summed E-state index contributed by atoms with van der Waals surface area (Å²) in [6.45, 7) is 1.75. The Labute approximate surface area is 207 Å². The van der Waals surface area contributed by atoms with Gasteiger partial charge in [-0.3, -0.25) is 9.20 Å². The Morgan fingerprint density at radius 1 is 1.06 bits per heavy atom. The molecule has 0 aliphatic heterocycles. The largest absolute Gasteiger partial charge is 0.417 e. The number of aromatic nitrogens is 3. The van der Waals surface area contributed by atoms with Crippen LogP contribution < -0.4 is 16.4 Å². The first-order valence-corrected chi connectivity index (χ1v) is 11.6. The van der Waals surface area contributed by atoms with Crippen LogP contribution in [0.2, 0.25) is 0 Å². The normalized spacial score (nSPS) is 11.6. The number of anilines is 4. The molecule has 0 aliphatic carbocycles. The van der Waals surface area contributed by atoms with Crippen LogP contribution >= 0.6 is 11.3 Å². The van der Waals surface area contributed by atoms with Crippen LogP contribution in [0.1, 0.15) is 21.6 Å². The summed E-state index contributed by atoms with van der Waals surface area (Å²) in [4.78, 5) is 21.9. The van der Waals surface area contributed by atoms with Gasteiger partial charge in [0, 0.05) is 23.6 Å². The van der Waals surface area contributed by atoms with E-state index in [2.05, 4.69) is 20.6 Å². The molecule has 3 aromatic heterocycles. The lowest BCUT2D eigenvalue weighted by molar-refractivity contribution is -0.137. The number of nitrogen functional groups attached to an aromatic ring is 1. The van der Waals surface area contributed by atoms with Crippen molar-refractivity contribution in [3.63, 3.8) is 0 Å². The molecule has 5 rings (SSSR count). The van der Waals surface area contributed by atoms with Crippen LogP contribution in [-0.4, -0.2) is 20.3 Å². The van der Waals surface area contributed by atoms with E-state index in [0.717, 1.165) is 12.3 Å². The summed E-state index contributed by atoms with van der Waals surface area (Å²) in [7, 11) is 0. The fraction of sp³-hybridized carbons (Fsp3) is 0.0800. The lowest BCUT2D eigenvalue weighted by Crippen LogP contribution is -2.13. The molecule has 0 unspecified atom stereocenters. The molecule has 2 aromatic carbocycles. The van der Waals surface area contributed by atoms with Crippen LogP contribution in [0.4, 0.5) is 35.4 Å². The fourth-order valence-electron chi connectivity index (χ4n) is 3.70. The second-order valence-corrected chi connectivity index (χ2v) is 8.99. The molecule has 0 fully saturated rings. The molecule has 4 N–H and O–H groups in total. The molecule has 7 nitrogen and oxygen atoms in total. The third-order valence-electron chi connectivity index (χ3n) is 5.47. The number of hydrogen-bond donors (Lipinski definition) is 3. The Kier molecular flexibility index (Phi) is 5.84. The standard InChI is InChI=1S/C25H19F3N6OS/c1-14-22(34-13-16(25(26,27)28)8-11-21(34)31-14)20-12-30-24(36-20)32-17-9-6-15(7-10-17)23(35)33-19-5-3-2-4-18(19)29/h2-13H,29H2,1H3,(H,30,32)(H,33,35). The van der Waals surface area contributed by atoms with Gasteiger partial charge in [0.15, 0.2) is 5.13 Å². The molecule has 0 atom stereocenters. The van der Waals surface area contributed by atoms with Gasteiger partial charge in [-0.05, 0) is 55.5 Å². The second-order valence-electron chi connectivity index (χ2n) is 7.96. The van der Waals surface area contributed by atoms with Gasteiger partial charge in [0.25, 0.3) is 5.91 Å². The lowest BCUT2D eigenvalue weighted by atomic mass is 10.2. The van der Waals surface area contributed by atoms with Crippen LogP contribution in [-0.2, 0) is 6.18 Å². The number of halogens is 3. The third-order valence-corrected chi connectivity index (χ3v) is 6.39. The highest BCUT2D eigenvalue weighted by molar-refractivity contribution is 7.18. The SMILES string of the molecule is Cc1nc2ccc(C(F)(F)F)cn2c1-c1cnc(Nc2ccc(C(=O)Nc3ccccc3N)cc2)s1. The number of imidazole rings is 1. The number of thiazole rings is 1. The summed E-state index contributed by atoms with van der Waals surface area (Å²) in [5.74, 6) is -0.294. The number of pyridine rings is 1. The number of nitrogens with zero attached hydrogens (tertiary/aromatic N) is 3. The average molecular weight is 509 g/mol. The molecule has 182 valence electrons. The van der Waals surface area contributed by atoms with E-state index in [4.69, 9.17) is 5.73 Å². The highest BCUT2D eigenvalue weighted by atomic mass is 32.1. The summed E-state index contributed by atoms with van der Waals surface area (Å²) in [6, 6.07) is 16.2. The van der Waals surface area contributed by atoms with Crippen LogP contribution in [0.25, 0.3) is 16.2 Å². The van der Waals surface area contributed by atoms with E-state index in [0.29, 0.717) is 49.7 Å². The van der Waals surface area contributed by atoms with Crippen molar-refractivity contribution in [1.82, 2.24) is 14.4 Å². The molecule has 0 bridgehead atoms. The first kappa shape index (κ1) is 23.4. The maximum absolute atomic E-state index is 13.2. The van der Waals surface area contributed by atoms with Crippen LogP contribution in [0.15, 0.2) is 73.1 Å². The van der Waals surface area contributed by atoms with Gasteiger partial charge in [0.1, 0.15) is 5.65 Å². The number of carbonyl (C=O) groups is 1. The van der Waals surface area contributed by atoms with Crippen molar-refractivity contribution in [2.24, 2.45) is 0 Å². The van der Waals surface area contributed by atoms with E-state index in [-0.39, 0.29) is 5.91 Å². The molecular formula is C25H19F3N6OS. The lowest BCUT2D eigenvalue weighted by Gasteiger charge is -2.09. The molecule has 0 saturated heterocycles. The van der Waals surface area contributed by atoms with Crippen molar-refractivity contribution < 1.29 is 18.0 Å². The Hall–Kier alpha value is -4.38. The van der Waals surface area contributed by atoms with E-state index in [1.54, 1.807) is 61.7 Å². The predicted molar refractivity (Wildman–Crippen MR) is 135 cm³/mol. The molecule has 0 aliphatic rings. The minimum absolute atomic E-state index is 0.294. The van der Waals surface area contributed by atoms with Gasteiger partial charge in [-0.15, -0.1) is 0 Å². The highest BCUT2D eigenvalue weighted by Gasteiger charge is 2.31. The van der Waals surface area contributed by atoms with Gasteiger partial charge >= 0.3 is 6.18 Å². The van der Waals surface area contributed by atoms with E-state index < -0.39 is 11.7 Å². The van der Waals surface area contributed by atoms with Crippen LogP contribution in [0, 0.1) is 6.92 Å². The van der Waals surface area contributed by atoms with E-state index >= 15 is 0 Å². The Morgan fingerprint density at radius 3 is 2.53 bits per heavy atom. The minimum Gasteiger partial charge on any atom is -0.397 e. The molecular weight excluding hydrogens is 489 g/mol. The van der Waals surface area contributed by atoms with Gasteiger partial charge in [-0.2, -0.15) is 13.2 Å². The minimum atomic E-state index is -4.46. The quantitative estimate of drug-likeness (QED) is 0.240. The van der Waals surface area contributed by atoms with Crippen molar-refractivity contribution in [3.8, 4) is 10.6 Å². The van der Waals surface area contributed by atoms with Crippen molar-refractivity contribution in [1.29, 1.82) is 0 Å². The second kappa shape index (κ2) is 9.00. The number of hydrogen-bond acceptors (Lipinski definition) is 6. The third kappa shape index (κ3) is 4.60. The number of fused-ring (bicyclic) bond motifs is 1. The van der Waals surface area contributed by atoms with Crippen molar-refractivity contribution >= 4 is 45.1 Å². The molecule has 5 aromatic rings. The van der Waals surface area contributed by atoms with E-state index in [9.17, 15) is 18.0 Å². The van der Waals surface area contributed by atoms with Gasteiger partial charge in [-0.1, -0.05) is 23.5 Å². The highest BCUT2D eigenvalue weighted by Crippen LogP contribution is 2.35. The zero-order valence-electron chi connectivity index (χ0n) is 18.8. The Balaban J connectivity index is 1.34. The Bertz CT molecular complexity index is 1570. The number of aryl methyl sites for hydroxylation is 1. The van der Waals surface area contributed by atoms with Gasteiger partial charge in [0.05, 0.1) is 33.2 Å². The monoisotopic (exact) mass is 508 g/mol. The Morgan fingerprint density at radius 2 is 1.81 bits per heavy atom. The van der Waals surface area contributed by atoms with E-state index in [1.165, 1.54) is 21.8 Å². The van der Waals surface area contributed by atoms with Gasteiger partial charge in [0.2, 0.25) is 0 Å². The first-order valence-electron chi connectivity index (χ1n) is 10.7. The van der Waals surface area contributed by atoms with Crippen molar-refractivity contribution in [2.75, 3.05) is 16.4 Å². The van der Waals surface area contributed by atoms with Gasteiger partial charge < -0.3 is 16.4 Å². The first-order chi connectivity index (χ1) is 17.2. The molecule has 0 radical (unpaired) electrons. The maximum Gasteiger partial charge on any atom is 0.417 e. The van der Waals surface area contributed by atoms with E-state index in [1.807, 2.05) is 0 Å². The van der Waals surface area contributed by atoms with Crippen molar-refractivity contribution in [2.45, 2.75) is 13.1 Å². The van der Waals surface area contributed by atoms with Gasteiger partial charge in [-0.25, -0.2) is 9.97 Å². The van der Waals surface area contributed by atoms with Crippen LogP contribution in [0.3, 0.4) is 0 Å². The maximum atomic E-state index is 13.2. The molecule has 36 heavy (non-hydrogen) atoms. The smallest absolute Gasteiger partial charge is 0.397 e. The van der Waals surface area contributed by atoms with Crippen LogP contribution in [0.5, 0.6) is 0 Å². The van der Waals surface area contributed by atoms with Crippen molar-refractivity contribution in [3.05, 3.63) is 89.9 Å². The summed E-state index contributed by atoms with van der Waals surface area (Å²) in [5, 5.41) is 6.48. The molecule has 1 amide bonds. The number of nitrogens with two attached hydrogens (primary N) is 1. The molecule has 3 heterocycles. The number of nitrogens with one attached hydrogen (secondary N) is 2. The summed E-state index contributed by atoms with van der Waals surface area (Å²) in [5.41, 5.74) is 8.84.